The first-order chi connectivity index (χ1) is 7.70. The summed E-state index contributed by atoms with van der Waals surface area (Å²) < 4.78 is 0. The zero-order chi connectivity index (χ0) is 13.5. The van der Waals surface area contributed by atoms with Crippen LogP contribution in [0, 0.1) is 5.41 Å². The third-order valence-electron chi connectivity index (χ3n) is 2.29. The van der Waals surface area contributed by atoms with Crippen molar-refractivity contribution in [1.82, 2.24) is 10.6 Å². The summed E-state index contributed by atoms with van der Waals surface area (Å²) in [7, 11) is 0. The molecule has 0 aliphatic rings. The fraction of sp³-hybridized carbons (Fsp3) is 0.923. The molecule has 0 heterocycles. The fourth-order valence-corrected chi connectivity index (χ4v) is 1.57. The molecule has 0 aromatic rings. The van der Waals surface area contributed by atoms with Crippen LogP contribution in [0.4, 0.5) is 0 Å². The van der Waals surface area contributed by atoms with Gasteiger partial charge in [-0.25, -0.2) is 0 Å². The minimum Gasteiger partial charge on any atom is -0.391 e. The summed E-state index contributed by atoms with van der Waals surface area (Å²) in [4.78, 5) is 11.4. The summed E-state index contributed by atoms with van der Waals surface area (Å²) in [6, 6.07) is 0.397. The number of hydrogen-bond acceptors (Lipinski definition) is 3. The lowest BCUT2D eigenvalue weighted by atomic mass is 9.89. The Labute approximate surface area is 105 Å². The molecule has 0 spiro atoms. The number of hydrogen-bond donors (Lipinski definition) is 3. The van der Waals surface area contributed by atoms with Crippen molar-refractivity contribution in [1.29, 1.82) is 0 Å². The van der Waals surface area contributed by atoms with Gasteiger partial charge in [-0.05, 0) is 11.8 Å². The molecule has 1 amide bonds. The third kappa shape index (κ3) is 11.6. The van der Waals surface area contributed by atoms with E-state index in [1.807, 2.05) is 13.8 Å². The van der Waals surface area contributed by atoms with Gasteiger partial charge in [-0.1, -0.05) is 34.6 Å². The molecular formula is C13H28N2O2. The van der Waals surface area contributed by atoms with Crippen molar-refractivity contribution in [2.75, 3.05) is 13.1 Å². The van der Waals surface area contributed by atoms with E-state index in [0.29, 0.717) is 32.0 Å². The molecule has 0 rings (SSSR count). The zero-order valence-corrected chi connectivity index (χ0v) is 11.8. The van der Waals surface area contributed by atoms with E-state index in [0.717, 1.165) is 0 Å². The van der Waals surface area contributed by atoms with Gasteiger partial charge >= 0.3 is 0 Å². The summed E-state index contributed by atoms with van der Waals surface area (Å²) in [5.41, 5.74) is 0.0866. The number of aliphatic hydroxyl groups excluding tert-OH is 1. The molecule has 0 saturated carbocycles. The number of nitrogens with one attached hydrogen (secondary N) is 2. The van der Waals surface area contributed by atoms with Crippen LogP contribution in [-0.4, -0.2) is 36.2 Å². The van der Waals surface area contributed by atoms with Crippen molar-refractivity contribution in [3.8, 4) is 0 Å². The van der Waals surface area contributed by atoms with Gasteiger partial charge in [0, 0.05) is 25.6 Å². The summed E-state index contributed by atoms with van der Waals surface area (Å²) in [5.74, 6) is -0.00823. The Morgan fingerprint density at radius 2 is 1.88 bits per heavy atom. The summed E-state index contributed by atoms with van der Waals surface area (Å²) in [5, 5.41) is 15.6. The second-order valence-corrected chi connectivity index (χ2v) is 6.08. The molecular weight excluding hydrogens is 216 g/mol. The van der Waals surface area contributed by atoms with Crippen molar-refractivity contribution < 1.29 is 9.90 Å². The Kier molecular flexibility index (Phi) is 7.39. The minimum absolute atomic E-state index is 0.00823. The maximum absolute atomic E-state index is 11.4. The molecule has 1 atom stereocenters. The van der Waals surface area contributed by atoms with Crippen molar-refractivity contribution in [2.45, 2.75) is 59.6 Å². The molecule has 0 saturated heterocycles. The number of carbonyl (C=O) groups is 1. The maximum atomic E-state index is 11.4. The van der Waals surface area contributed by atoms with Gasteiger partial charge in [-0.15, -0.1) is 0 Å². The van der Waals surface area contributed by atoms with Crippen LogP contribution in [0.1, 0.15) is 47.5 Å². The SMILES string of the molecule is CC(C)NCCC(=O)NCC(O)CC(C)(C)C. The van der Waals surface area contributed by atoms with Crippen molar-refractivity contribution >= 4 is 5.91 Å². The average molecular weight is 244 g/mol. The third-order valence-corrected chi connectivity index (χ3v) is 2.29. The van der Waals surface area contributed by atoms with Gasteiger partial charge in [0.2, 0.25) is 5.91 Å². The molecule has 1 unspecified atom stereocenters. The van der Waals surface area contributed by atoms with Gasteiger partial charge in [0.25, 0.3) is 0 Å². The van der Waals surface area contributed by atoms with Crippen LogP contribution in [0.15, 0.2) is 0 Å². The molecule has 4 nitrogen and oxygen atoms in total. The molecule has 17 heavy (non-hydrogen) atoms. The van der Waals surface area contributed by atoms with Gasteiger partial charge in [-0.2, -0.15) is 0 Å². The van der Waals surface area contributed by atoms with E-state index in [2.05, 4.69) is 31.4 Å². The van der Waals surface area contributed by atoms with Gasteiger partial charge in [0.05, 0.1) is 6.10 Å². The van der Waals surface area contributed by atoms with Crippen LogP contribution in [0.5, 0.6) is 0 Å². The van der Waals surface area contributed by atoms with E-state index in [1.54, 1.807) is 0 Å². The highest BCUT2D eigenvalue weighted by Gasteiger charge is 2.16. The molecule has 0 aromatic heterocycles. The van der Waals surface area contributed by atoms with Crippen LogP contribution in [0.25, 0.3) is 0 Å². The van der Waals surface area contributed by atoms with E-state index in [9.17, 15) is 9.90 Å². The first-order valence-electron chi connectivity index (χ1n) is 6.39. The highest BCUT2D eigenvalue weighted by Crippen LogP contribution is 2.20. The van der Waals surface area contributed by atoms with Crippen LogP contribution in [-0.2, 0) is 4.79 Å². The summed E-state index contributed by atoms with van der Waals surface area (Å²) in [6.07, 6.45) is 0.690. The van der Waals surface area contributed by atoms with Crippen molar-refractivity contribution in [2.24, 2.45) is 5.41 Å². The van der Waals surface area contributed by atoms with Gasteiger partial charge < -0.3 is 15.7 Å². The van der Waals surface area contributed by atoms with E-state index in [-0.39, 0.29) is 11.3 Å². The smallest absolute Gasteiger partial charge is 0.221 e. The minimum atomic E-state index is -0.461. The van der Waals surface area contributed by atoms with E-state index >= 15 is 0 Å². The van der Waals surface area contributed by atoms with Crippen LogP contribution >= 0.6 is 0 Å². The Balaban J connectivity index is 3.63. The Hall–Kier alpha value is -0.610. The number of aliphatic hydroxyl groups is 1. The maximum Gasteiger partial charge on any atom is 0.221 e. The monoisotopic (exact) mass is 244 g/mol. The number of amides is 1. The van der Waals surface area contributed by atoms with Crippen LogP contribution < -0.4 is 10.6 Å². The van der Waals surface area contributed by atoms with Crippen LogP contribution in [0.3, 0.4) is 0 Å². The lowest BCUT2D eigenvalue weighted by Crippen LogP contribution is -2.36. The quantitative estimate of drug-likeness (QED) is 0.632. The molecule has 4 heteroatoms. The highest BCUT2D eigenvalue weighted by molar-refractivity contribution is 5.76. The molecule has 3 N–H and O–H groups in total. The second-order valence-electron chi connectivity index (χ2n) is 6.08. The predicted molar refractivity (Wildman–Crippen MR) is 70.8 cm³/mol. The van der Waals surface area contributed by atoms with Gasteiger partial charge in [0.15, 0.2) is 0 Å². The lowest BCUT2D eigenvalue weighted by Gasteiger charge is -2.22. The Morgan fingerprint density at radius 3 is 2.35 bits per heavy atom. The molecule has 0 fully saturated rings. The lowest BCUT2D eigenvalue weighted by molar-refractivity contribution is -0.121. The van der Waals surface area contributed by atoms with E-state index in [4.69, 9.17) is 0 Å². The molecule has 0 aliphatic carbocycles. The van der Waals surface area contributed by atoms with Crippen molar-refractivity contribution in [3.05, 3.63) is 0 Å². The standard InChI is InChI=1S/C13H28N2O2/c1-10(2)14-7-6-12(17)15-9-11(16)8-13(3,4)5/h10-11,14,16H,6-9H2,1-5H3,(H,15,17). The van der Waals surface area contributed by atoms with Gasteiger partial charge in [-0.3, -0.25) is 4.79 Å². The number of carbonyl (C=O) groups excluding carboxylic acids is 1. The zero-order valence-electron chi connectivity index (χ0n) is 11.8. The van der Waals surface area contributed by atoms with E-state index in [1.165, 1.54) is 0 Å². The number of rotatable bonds is 7. The molecule has 0 radical (unpaired) electrons. The Morgan fingerprint density at radius 1 is 1.29 bits per heavy atom. The molecule has 102 valence electrons. The summed E-state index contributed by atoms with van der Waals surface area (Å²) in [6.45, 7) is 11.3. The first-order valence-corrected chi connectivity index (χ1v) is 6.39. The predicted octanol–water partition coefficient (Wildman–Crippen LogP) is 1.29. The topological polar surface area (TPSA) is 61.4 Å². The Bertz CT molecular complexity index is 222. The average Bonchev–Trinajstić information content (AvgIpc) is 2.11. The first kappa shape index (κ1) is 16.4. The molecule has 0 bridgehead atoms. The van der Waals surface area contributed by atoms with Crippen molar-refractivity contribution in [3.63, 3.8) is 0 Å². The van der Waals surface area contributed by atoms with Crippen LogP contribution in [0.2, 0.25) is 0 Å². The molecule has 0 aromatic carbocycles. The second kappa shape index (κ2) is 7.67. The summed E-state index contributed by atoms with van der Waals surface area (Å²) >= 11 is 0. The van der Waals surface area contributed by atoms with Gasteiger partial charge in [0.1, 0.15) is 0 Å². The fourth-order valence-electron chi connectivity index (χ4n) is 1.57. The molecule has 0 aliphatic heterocycles. The normalized spacial score (nSPS) is 13.8. The highest BCUT2D eigenvalue weighted by atomic mass is 16.3. The van der Waals surface area contributed by atoms with E-state index < -0.39 is 6.10 Å². The largest absolute Gasteiger partial charge is 0.391 e.